The quantitative estimate of drug-likeness (QED) is 0.276. The highest BCUT2D eigenvalue weighted by Crippen LogP contribution is 2.30. The molecular weight excluding hydrogens is 441 g/mol. The van der Waals surface area contributed by atoms with E-state index >= 15 is 0 Å². The van der Waals surface area contributed by atoms with E-state index in [0.717, 1.165) is 22.1 Å². The fourth-order valence-electron chi connectivity index (χ4n) is 3.60. The Labute approximate surface area is 192 Å². The first kappa shape index (κ1) is 21.0. The molecule has 5 aromatic rings. The predicted molar refractivity (Wildman–Crippen MR) is 125 cm³/mol. The van der Waals surface area contributed by atoms with Crippen molar-refractivity contribution in [3.05, 3.63) is 106 Å². The van der Waals surface area contributed by atoms with Crippen LogP contribution in [0.15, 0.2) is 93.2 Å². The molecule has 0 atom stereocenters. The van der Waals surface area contributed by atoms with Gasteiger partial charge in [0.15, 0.2) is 11.0 Å². The first-order valence-electron chi connectivity index (χ1n) is 10.2. The minimum absolute atomic E-state index is 0.0296. The van der Waals surface area contributed by atoms with E-state index < -0.39 is 5.63 Å². The number of aromatic nitrogens is 3. The van der Waals surface area contributed by atoms with Crippen LogP contribution < -0.4 is 5.63 Å². The summed E-state index contributed by atoms with van der Waals surface area (Å²) in [5, 5.41) is 19.9. The summed E-state index contributed by atoms with van der Waals surface area (Å²) in [4.78, 5) is 12.0. The second kappa shape index (κ2) is 8.91. The van der Waals surface area contributed by atoms with E-state index in [9.17, 15) is 14.3 Å². The number of phenols is 1. The van der Waals surface area contributed by atoms with E-state index in [4.69, 9.17) is 4.42 Å². The van der Waals surface area contributed by atoms with Crippen molar-refractivity contribution in [3.63, 3.8) is 0 Å². The van der Waals surface area contributed by atoms with Crippen LogP contribution in [0.25, 0.3) is 22.4 Å². The summed E-state index contributed by atoms with van der Waals surface area (Å²) >= 11 is 1.44. The maximum absolute atomic E-state index is 13.5. The topological polar surface area (TPSA) is 81.2 Å². The van der Waals surface area contributed by atoms with Crippen molar-refractivity contribution in [2.24, 2.45) is 0 Å². The van der Waals surface area contributed by atoms with Gasteiger partial charge in [-0.2, -0.15) is 0 Å². The van der Waals surface area contributed by atoms with Crippen molar-refractivity contribution in [2.75, 3.05) is 0 Å². The van der Waals surface area contributed by atoms with Crippen molar-refractivity contribution < 1.29 is 13.9 Å². The molecule has 0 aliphatic heterocycles. The molecular formula is C25H18FN3O3S. The predicted octanol–water partition coefficient (Wildman–Crippen LogP) is 5.24. The molecule has 0 unspecified atom stereocenters. The summed E-state index contributed by atoms with van der Waals surface area (Å²) in [7, 11) is 0. The van der Waals surface area contributed by atoms with Gasteiger partial charge in [-0.15, -0.1) is 10.2 Å². The molecule has 8 heteroatoms. The summed E-state index contributed by atoms with van der Waals surface area (Å²) in [6, 6.07) is 22.2. The van der Waals surface area contributed by atoms with Crippen molar-refractivity contribution in [3.8, 4) is 17.1 Å². The molecule has 0 radical (unpaired) electrons. The molecule has 5 rings (SSSR count). The minimum atomic E-state index is -0.485. The molecule has 0 amide bonds. The molecule has 0 aliphatic rings. The van der Waals surface area contributed by atoms with Crippen molar-refractivity contribution >= 4 is 22.7 Å². The smallest absolute Gasteiger partial charge is 0.336 e. The SMILES string of the molecule is O=c1cc(CSc2nnc(-c3ccc(F)cc3)n2Cc2ccccc2)c2ccc(O)cc2o1. The zero-order valence-electron chi connectivity index (χ0n) is 17.3. The van der Waals surface area contributed by atoms with Crippen LogP contribution in [-0.4, -0.2) is 19.9 Å². The average Bonchev–Trinajstić information content (AvgIpc) is 3.20. The number of phenolic OH excluding ortho intramolecular Hbond substituents is 1. The summed E-state index contributed by atoms with van der Waals surface area (Å²) in [6.07, 6.45) is 0. The van der Waals surface area contributed by atoms with Gasteiger partial charge in [0.1, 0.15) is 17.1 Å². The Hall–Kier alpha value is -3.91. The van der Waals surface area contributed by atoms with E-state index in [2.05, 4.69) is 10.2 Å². The van der Waals surface area contributed by atoms with Crippen LogP contribution in [-0.2, 0) is 12.3 Å². The molecule has 33 heavy (non-hydrogen) atoms. The Balaban J connectivity index is 1.51. The molecule has 1 N–H and O–H groups in total. The Kier molecular flexibility index (Phi) is 5.66. The zero-order chi connectivity index (χ0) is 22.8. The summed E-state index contributed by atoms with van der Waals surface area (Å²) in [6.45, 7) is 0.536. The molecule has 0 saturated carbocycles. The van der Waals surface area contributed by atoms with Gasteiger partial charge in [-0.25, -0.2) is 9.18 Å². The van der Waals surface area contributed by atoms with Gasteiger partial charge in [-0.05, 0) is 47.5 Å². The van der Waals surface area contributed by atoms with Crippen molar-refractivity contribution in [2.45, 2.75) is 17.5 Å². The summed E-state index contributed by atoms with van der Waals surface area (Å²) in [5.41, 5.74) is 2.44. The highest BCUT2D eigenvalue weighted by atomic mass is 32.2. The molecule has 0 spiro atoms. The van der Waals surface area contributed by atoms with Crippen molar-refractivity contribution in [1.82, 2.24) is 14.8 Å². The van der Waals surface area contributed by atoms with Gasteiger partial charge < -0.3 is 9.52 Å². The average molecular weight is 460 g/mol. The fourth-order valence-corrected chi connectivity index (χ4v) is 4.53. The van der Waals surface area contributed by atoms with Crippen LogP contribution in [0.4, 0.5) is 4.39 Å². The highest BCUT2D eigenvalue weighted by molar-refractivity contribution is 7.98. The molecule has 0 saturated heterocycles. The molecule has 0 aliphatic carbocycles. The van der Waals surface area contributed by atoms with Crippen LogP contribution in [0, 0.1) is 5.82 Å². The third-order valence-corrected chi connectivity index (χ3v) is 6.19. The molecule has 164 valence electrons. The van der Waals surface area contributed by atoms with Gasteiger partial charge >= 0.3 is 5.63 Å². The molecule has 2 heterocycles. The lowest BCUT2D eigenvalue weighted by Crippen LogP contribution is -2.05. The zero-order valence-corrected chi connectivity index (χ0v) is 18.1. The summed E-state index contributed by atoms with van der Waals surface area (Å²) < 4.78 is 20.7. The van der Waals surface area contributed by atoms with Gasteiger partial charge in [0.25, 0.3) is 0 Å². The first-order valence-corrected chi connectivity index (χ1v) is 11.2. The van der Waals surface area contributed by atoms with E-state index in [1.54, 1.807) is 24.3 Å². The fraction of sp³-hybridized carbons (Fsp3) is 0.0800. The normalized spacial score (nSPS) is 11.2. The van der Waals surface area contributed by atoms with E-state index in [1.165, 1.54) is 36.0 Å². The third kappa shape index (κ3) is 4.51. The van der Waals surface area contributed by atoms with Crippen molar-refractivity contribution in [1.29, 1.82) is 0 Å². The molecule has 0 bridgehead atoms. The number of thioether (sulfide) groups is 1. The number of rotatable bonds is 6. The lowest BCUT2D eigenvalue weighted by Gasteiger charge is -2.11. The Morgan fingerprint density at radius 3 is 2.55 bits per heavy atom. The van der Waals surface area contributed by atoms with Gasteiger partial charge in [-0.3, -0.25) is 4.57 Å². The van der Waals surface area contributed by atoms with E-state index in [0.29, 0.717) is 28.9 Å². The van der Waals surface area contributed by atoms with Gasteiger partial charge in [0.2, 0.25) is 0 Å². The Bertz CT molecular complexity index is 1480. The lowest BCUT2D eigenvalue weighted by atomic mass is 10.1. The summed E-state index contributed by atoms with van der Waals surface area (Å²) in [5.74, 6) is 0.789. The number of hydrogen-bond acceptors (Lipinski definition) is 6. The van der Waals surface area contributed by atoms with Gasteiger partial charge in [-0.1, -0.05) is 42.1 Å². The minimum Gasteiger partial charge on any atom is -0.508 e. The maximum Gasteiger partial charge on any atom is 0.336 e. The van der Waals surface area contributed by atoms with Crippen LogP contribution >= 0.6 is 11.8 Å². The first-order chi connectivity index (χ1) is 16.1. The number of fused-ring (bicyclic) bond motifs is 1. The van der Waals surface area contributed by atoms with E-state index in [1.807, 2.05) is 34.9 Å². The molecule has 2 aromatic heterocycles. The third-order valence-electron chi connectivity index (χ3n) is 5.17. The second-order valence-electron chi connectivity index (χ2n) is 7.44. The van der Waals surface area contributed by atoms with Gasteiger partial charge in [0, 0.05) is 28.8 Å². The number of nitrogens with zero attached hydrogens (tertiary/aromatic N) is 3. The monoisotopic (exact) mass is 459 g/mol. The lowest BCUT2D eigenvalue weighted by molar-refractivity contribution is 0.473. The van der Waals surface area contributed by atoms with Crippen LogP contribution in [0.3, 0.4) is 0 Å². The second-order valence-corrected chi connectivity index (χ2v) is 8.39. The standard InChI is InChI=1S/C25H18FN3O3S/c26-19-8-6-17(7-9-19)24-27-28-25(29(24)14-16-4-2-1-3-5-16)33-15-18-12-23(31)32-22-13-20(30)10-11-21(18)22/h1-13,30H,14-15H2. The molecule has 3 aromatic carbocycles. The number of halogens is 1. The molecule has 6 nitrogen and oxygen atoms in total. The number of benzene rings is 3. The number of aromatic hydroxyl groups is 1. The van der Waals surface area contributed by atoms with Crippen LogP contribution in [0.2, 0.25) is 0 Å². The van der Waals surface area contributed by atoms with E-state index in [-0.39, 0.29) is 11.6 Å². The van der Waals surface area contributed by atoms with Crippen LogP contribution in [0.5, 0.6) is 5.75 Å². The Morgan fingerprint density at radius 1 is 0.970 bits per heavy atom. The number of hydrogen-bond donors (Lipinski definition) is 1. The highest BCUT2D eigenvalue weighted by Gasteiger charge is 2.16. The Morgan fingerprint density at radius 2 is 1.76 bits per heavy atom. The van der Waals surface area contributed by atoms with Crippen LogP contribution in [0.1, 0.15) is 11.1 Å². The van der Waals surface area contributed by atoms with Gasteiger partial charge in [0.05, 0.1) is 6.54 Å². The largest absolute Gasteiger partial charge is 0.508 e. The maximum atomic E-state index is 13.5. The molecule has 0 fully saturated rings.